The van der Waals surface area contributed by atoms with E-state index >= 15 is 0 Å². The maximum absolute atomic E-state index is 10.4. The van der Waals surface area contributed by atoms with Gasteiger partial charge in [0, 0.05) is 23.4 Å². The van der Waals surface area contributed by atoms with Crippen LogP contribution in [0.4, 0.5) is 11.4 Å². The number of rotatable bonds is 2. The maximum Gasteiger partial charge on any atom is 0.270 e. The molecule has 0 aromatic heterocycles. The van der Waals surface area contributed by atoms with Gasteiger partial charge in [0.15, 0.2) is 0 Å². The van der Waals surface area contributed by atoms with Crippen molar-refractivity contribution in [2.24, 2.45) is 5.84 Å². The highest BCUT2D eigenvalue weighted by molar-refractivity contribution is 7.80. The second kappa shape index (κ2) is 3.99. The van der Waals surface area contributed by atoms with Crippen LogP contribution in [0.5, 0.6) is 0 Å². The number of hydrogen-bond acceptors (Lipinski definition) is 5. The normalized spacial score (nSPS) is 9.50. The number of nitrogen functional groups attached to an aromatic ring is 1. The van der Waals surface area contributed by atoms with Crippen molar-refractivity contribution in [1.82, 2.24) is 5.43 Å². The minimum absolute atomic E-state index is 0.0770. The van der Waals surface area contributed by atoms with Crippen molar-refractivity contribution in [3.63, 3.8) is 0 Å². The topological polar surface area (TPSA) is 107 Å². The molecule has 5 N–H and O–H groups in total. The highest BCUT2D eigenvalue weighted by atomic mass is 32.1. The summed E-state index contributed by atoms with van der Waals surface area (Å²) in [7, 11) is 0. The predicted molar refractivity (Wildman–Crippen MR) is 56.5 cm³/mol. The molecule has 0 aliphatic carbocycles. The van der Waals surface area contributed by atoms with Crippen molar-refractivity contribution >= 4 is 28.6 Å². The summed E-state index contributed by atoms with van der Waals surface area (Å²) >= 11 is 4.82. The van der Waals surface area contributed by atoms with E-state index < -0.39 is 4.92 Å². The molecule has 0 saturated carbocycles. The summed E-state index contributed by atoms with van der Waals surface area (Å²) in [4.78, 5) is 10.1. The van der Waals surface area contributed by atoms with Crippen LogP contribution in [0.2, 0.25) is 0 Å². The first kappa shape index (κ1) is 10.4. The molecule has 0 atom stereocenters. The lowest BCUT2D eigenvalue weighted by Gasteiger charge is -2.05. The average molecular weight is 212 g/mol. The average Bonchev–Trinajstić information content (AvgIpc) is 2.17. The summed E-state index contributed by atoms with van der Waals surface area (Å²) in [6, 6.07) is 3.99. The molecule has 0 unspecified atom stereocenters. The van der Waals surface area contributed by atoms with Crippen LogP contribution in [0.1, 0.15) is 5.56 Å². The Balaban J connectivity index is 3.21. The van der Waals surface area contributed by atoms with Gasteiger partial charge in [-0.1, -0.05) is 12.2 Å². The lowest BCUT2D eigenvalue weighted by atomic mass is 10.1. The molecule has 0 heterocycles. The third-order valence-corrected chi connectivity index (χ3v) is 1.96. The van der Waals surface area contributed by atoms with E-state index in [-0.39, 0.29) is 10.7 Å². The van der Waals surface area contributed by atoms with E-state index in [1.165, 1.54) is 18.2 Å². The van der Waals surface area contributed by atoms with Gasteiger partial charge in [0.25, 0.3) is 5.69 Å². The Labute approximate surface area is 85.0 Å². The van der Waals surface area contributed by atoms with Gasteiger partial charge in [-0.15, -0.1) is 0 Å². The second-order valence-corrected chi connectivity index (χ2v) is 2.91. The van der Waals surface area contributed by atoms with Gasteiger partial charge in [0.05, 0.1) is 4.92 Å². The molecular weight excluding hydrogens is 204 g/mol. The first-order valence-electron chi connectivity index (χ1n) is 3.61. The number of nitrogens with one attached hydrogen (secondary N) is 1. The summed E-state index contributed by atoms with van der Waals surface area (Å²) in [6.07, 6.45) is 0. The number of hydrazine groups is 1. The van der Waals surface area contributed by atoms with E-state index in [9.17, 15) is 10.1 Å². The third kappa shape index (κ3) is 1.95. The van der Waals surface area contributed by atoms with Gasteiger partial charge in [-0.3, -0.25) is 10.1 Å². The van der Waals surface area contributed by atoms with Crippen LogP contribution in [0, 0.1) is 10.1 Å². The highest BCUT2D eigenvalue weighted by Crippen LogP contribution is 2.19. The fourth-order valence-electron chi connectivity index (χ4n) is 0.932. The zero-order valence-corrected chi connectivity index (χ0v) is 7.88. The molecule has 7 heteroatoms. The van der Waals surface area contributed by atoms with E-state index in [0.717, 1.165) is 0 Å². The first-order chi connectivity index (χ1) is 6.56. The van der Waals surface area contributed by atoms with E-state index in [1.54, 1.807) is 0 Å². The molecule has 0 aliphatic rings. The number of nitro benzene ring substituents is 1. The van der Waals surface area contributed by atoms with E-state index in [2.05, 4.69) is 5.43 Å². The van der Waals surface area contributed by atoms with Crippen molar-refractivity contribution in [3.05, 3.63) is 33.9 Å². The molecule has 1 aromatic carbocycles. The van der Waals surface area contributed by atoms with Crippen LogP contribution in [0.15, 0.2) is 18.2 Å². The van der Waals surface area contributed by atoms with Crippen molar-refractivity contribution in [2.75, 3.05) is 5.73 Å². The van der Waals surface area contributed by atoms with Gasteiger partial charge in [-0.05, 0) is 6.07 Å². The lowest BCUT2D eigenvalue weighted by Crippen LogP contribution is -2.29. The monoisotopic (exact) mass is 212 g/mol. The molecule has 0 aliphatic heterocycles. The smallest absolute Gasteiger partial charge is 0.270 e. The molecule has 14 heavy (non-hydrogen) atoms. The van der Waals surface area contributed by atoms with Crippen molar-refractivity contribution in [1.29, 1.82) is 0 Å². The van der Waals surface area contributed by atoms with Crippen LogP contribution in [-0.2, 0) is 0 Å². The van der Waals surface area contributed by atoms with Crippen molar-refractivity contribution < 1.29 is 4.92 Å². The number of nitrogens with two attached hydrogens (primary N) is 2. The lowest BCUT2D eigenvalue weighted by molar-refractivity contribution is -0.384. The Morgan fingerprint density at radius 3 is 2.71 bits per heavy atom. The van der Waals surface area contributed by atoms with Gasteiger partial charge in [0.2, 0.25) is 0 Å². The number of nitrogens with zero attached hydrogens (tertiary/aromatic N) is 1. The molecule has 1 rings (SSSR count). The molecule has 0 saturated heterocycles. The first-order valence-corrected chi connectivity index (χ1v) is 4.02. The van der Waals surface area contributed by atoms with Crippen LogP contribution < -0.4 is 17.0 Å². The van der Waals surface area contributed by atoms with Gasteiger partial charge < -0.3 is 11.2 Å². The summed E-state index contributed by atoms with van der Waals surface area (Å²) in [5.41, 5.74) is 8.40. The third-order valence-electron chi connectivity index (χ3n) is 1.62. The molecule has 0 radical (unpaired) electrons. The number of hydrogen-bond donors (Lipinski definition) is 3. The summed E-state index contributed by atoms with van der Waals surface area (Å²) in [5.74, 6) is 5.08. The Kier molecular flexibility index (Phi) is 2.95. The predicted octanol–water partition coefficient (Wildman–Crippen LogP) is 0.316. The Morgan fingerprint density at radius 2 is 2.21 bits per heavy atom. The molecule has 0 amide bonds. The molecule has 1 aromatic rings. The van der Waals surface area contributed by atoms with Crippen LogP contribution >= 0.6 is 12.2 Å². The molecule has 74 valence electrons. The zero-order valence-electron chi connectivity index (χ0n) is 7.06. The summed E-state index contributed by atoms with van der Waals surface area (Å²) in [6.45, 7) is 0. The summed E-state index contributed by atoms with van der Waals surface area (Å²) in [5, 5.41) is 10.4. The second-order valence-electron chi connectivity index (χ2n) is 2.50. The number of non-ortho nitro benzene ring substituents is 1. The van der Waals surface area contributed by atoms with E-state index in [0.29, 0.717) is 11.3 Å². The standard InChI is InChI=1S/C7H8N4O2S/c8-6-2-1-4(11(12)13)3-5(6)7(14)10-9/h1-3H,8-9H2,(H,10,14). The summed E-state index contributed by atoms with van der Waals surface area (Å²) < 4.78 is 0. The van der Waals surface area contributed by atoms with Crippen molar-refractivity contribution in [2.45, 2.75) is 0 Å². The molecule has 0 bridgehead atoms. The SMILES string of the molecule is NNC(=S)c1cc([N+](=O)[O-])ccc1N. The fraction of sp³-hybridized carbons (Fsp3) is 0. The van der Waals surface area contributed by atoms with Gasteiger partial charge in [-0.2, -0.15) is 0 Å². The van der Waals surface area contributed by atoms with Crippen molar-refractivity contribution in [3.8, 4) is 0 Å². The number of nitro groups is 1. The van der Waals surface area contributed by atoms with E-state index in [4.69, 9.17) is 23.8 Å². The Hall–Kier alpha value is -1.73. The highest BCUT2D eigenvalue weighted by Gasteiger charge is 2.11. The Morgan fingerprint density at radius 1 is 1.57 bits per heavy atom. The number of thiocarbonyl (C=S) groups is 1. The molecule has 6 nitrogen and oxygen atoms in total. The maximum atomic E-state index is 10.4. The minimum atomic E-state index is -0.526. The fourth-order valence-corrected chi connectivity index (χ4v) is 1.11. The number of anilines is 1. The van der Waals surface area contributed by atoms with Crippen LogP contribution in [0.25, 0.3) is 0 Å². The van der Waals surface area contributed by atoms with Gasteiger partial charge in [-0.25, -0.2) is 5.84 Å². The molecule has 0 fully saturated rings. The Bertz CT molecular complexity index is 393. The van der Waals surface area contributed by atoms with Gasteiger partial charge >= 0.3 is 0 Å². The molecular formula is C7H8N4O2S. The number of benzene rings is 1. The largest absolute Gasteiger partial charge is 0.398 e. The quantitative estimate of drug-likeness (QED) is 0.214. The van der Waals surface area contributed by atoms with E-state index in [1.807, 2.05) is 0 Å². The zero-order chi connectivity index (χ0) is 10.7. The van der Waals surface area contributed by atoms with Crippen LogP contribution in [-0.4, -0.2) is 9.91 Å². The van der Waals surface area contributed by atoms with Crippen LogP contribution in [0.3, 0.4) is 0 Å². The van der Waals surface area contributed by atoms with Gasteiger partial charge in [0.1, 0.15) is 4.99 Å². The molecule has 0 spiro atoms. The minimum Gasteiger partial charge on any atom is -0.398 e.